The van der Waals surface area contributed by atoms with Gasteiger partial charge >= 0.3 is 0 Å². The molecule has 1 aromatic carbocycles. The number of hydrogen-bond donors (Lipinski definition) is 2. The molecule has 1 saturated heterocycles. The van der Waals surface area contributed by atoms with E-state index in [1.165, 1.54) is 12.1 Å². The van der Waals surface area contributed by atoms with Crippen molar-refractivity contribution in [2.45, 2.75) is 12.5 Å². The van der Waals surface area contributed by atoms with Crippen molar-refractivity contribution in [3.63, 3.8) is 0 Å². The fraction of sp³-hybridized carbons (Fsp3) is 0.400. The number of halogens is 1. The Morgan fingerprint density at radius 3 is 2.69 bits per heavy atom. The Labute approximate surface area is 93.6 Å². The third kappa shape index (κ3) is 2.63. The smallest absolute Gasteiger partial charge is 0.152 e. The zero-order valence-corrected chi connectivity index (χ0v) is 9.43. The number of rotatable bonds is 2. The van der Waals surface area contributed by atoms with Gasteiger partial charge in [-0.25, -0.2) is 12.8 Å². The second-order valence-electron chi connectivity index (χ2n) is 4.02. The van der Waals surface area contributed by atoms with E-state index in [-0.39, 0.29) is 17.5 Å². The van der Waals surface area contributed by atoms with Crippen LogP contribution in [-0.4, -0.2) is 26.0 Å². The average Bonchev–Trinajstić information content (AvgIpc) is 2.43. The van der Waals surface area contributed by atoms with Gasteiger partial charge in [0, 0.05) is 17.4 Å². The van der Waals surface area contributed by atoms with E-state index in [9.17, 15) is 12.8 Å². The first kappa shape index (κ1) is 11.2. The molecule has 0 saturated carbocycles. The third-order valence-electron chi connectivity index (χ3n) is 2.52. The lowest BCUT2D eigenvalue weighted by molar-refractivity contribution is 0.602. The highest BCUT2D eigenvalue weighted by Crippen LogP contribution is 2.20. The van der Waals surface area contributed by atoms with E-state index >= 15 is 0 Å². The Hall–Kier alpha value is -1.30. The normalized spacial score (nSPS) is 23.2. The lowest BCUT2D eigenvalue weighted by atomic mass is 10.2. The van der Waals surface area contributed by atoms with Gasteiger partial charge in [-0.15, -0.1) is 0 Å². The Bertz CT molecular complexity index is 481. The Balaban J connectivity index is 2.10. The maximum absolute atomic E-state index is 13.0. The molecule has 4 nitrogen and oxygen atoms in total. The van der Waals surface area contributed by atoms with Gasteiger partial charge in [0.2, 0.25) is 0 Å². The van der Waals surface area contributed by atoms with Crippen LogP contribution in [0.25, 0.3) is 0 Å². The largest absolute Gasteiger partial charge is 0.399 e. The number of sulfone groups is 1. The minimum atomic E-state index is -2.92. The maximum Gasteiger partial charge on any atom is 0.152 e. The molecule has 2 rings (SSSR count). The van der Waals surface area contributed by atoms with Crippen LogP contribution >= 0.6 is 0 Å². The fourth-order valence-electron chi connectivity index (χ4n) is 1.84. The summed E-state index contributed by atoms with van der Waals surface area (Å²) in [5.74, 6) is -0.137. The standard InChI is InChI=1S/C10H13FN2O2S/c11-7-3-8(12)5-10(4-7)13-9-1-2-16(14,15)6-9/h3-5,9,13H,1-2,6,12H2. The molecule has 6 heteroatoms. The van der Waals surface area contributed by atoms with Crippen LogP contribution in [0.5, 0.6) is 0 Å². The molecule has 0 radical (unpaired) electrons. The number of hydrogen-bond acceptors (Lipinski definition) is 4. The lowest BCUT2D eigenvalue weighted by Gasteiger charge is -2.12. The van der Waals surface area contributed by atoms with Gasteiger partial charge in [0.25, 0.3) is 0 Å². The molecule has 0 spiro atoms. The highest BCUT2D eigenvalue weighted by Gasteiger charge is 2.27. The number of benzene rings is 1. The monoisotopic (exact) mass is 244 g/mol. The van der Waals surface area contributed by atoms with Gasteiger partial charge in [-0.2, -0.15) is 0 Å². The van der Waals surface area contributed by atoms with Gasteiger partial charge in [0.1, 0.15) is 5.82 Å². The molecule has 0 aliphatic carbocycles. The van der Waals surface area contributed by atoms with E-state index in [0.29, 0.717) is 17.8 Å². The van der Waals surface area contributed by atoms with Crippen LogP contribution in [0.4, 0.5) is 15.8 Å². The van der Waals surface area contributed by atoms with Crippen LogP contribution < -0.4 is 11.1 Å². The van der Waals surface area contributed by atoms with Gasteiger partial charge in [-0.3, -0.25) is 0 Å². The van der Waals surface area contributed by atoms with Crippen LogP contribution in [0, 0.1) is 5.82 Å². The SMILES string of the molecule is Nc1cc(F)cc(NC2CCS(=O)(=O)C2)c1. The molecule has 1 aliphatic heterocycles. The van der Waals surface area contributed by atoms with Crippen LogP contribution in [-0.2, 0) is 9.84 Å². The first-order valence-corrected chi connectivity index (χ1v) is 6.80. The van der Waals surface area contributed by atoms with E-state index < -0.39 is 15.7 Å². The Kier molecular flexibility index (Phi) is 2.75. The molecule has 3 N–H and O–H groups in total. The first-order valence-electron chi connectivity index (χ1n) is 4.98. The highest BCUT2D eigenvalue weighted by molar-refractivity contribution is 7.91. The third-order valence-corrected chi connectivity index (χ3v) is 4.29. The zero-order chi connectivity index (χ0) is 11.8. The van der Waals surface area contributed by atoms with Crippen molar-refractivity contribution < 1.29 is 12.8 Å². The first-order chi connectivity index (χ1) is 7.44. The van der Waals surface area contributed by atoms with Gasteiger partial charge in [-0.05, 0) is 24.6 Å². The molecular weight excluding hydrogens is 231 g/mol. The fourth-order valence-corrected chi connectivity index (χ4v) is 3.51. The van der Waals surface area contributed by atoms with Crippen LogP contribution in [0.2, 0.25) is 0 Å². The van der Waals surface area contributed by atoms with Crippen molar-refractivity contribution in [2.24, 2.45) is 0 Å². The summed E-state index contributed by atoms with van der Waals surface area (Å²) in [6, 6.07) is 3.97. The number of nitrogens with one attached hydrogen (secondary N) is 1. The van der Waals surface area contributed by atoms with Gasteiger partial charge < -0.3 is 11.1 Å². The van der Waals surface area contributed by atoms with Crippen LogP contribution in [0.3, 0.4) is 0 Å². The topological polar surface area (TPSA) is 72.2 Å². The summed E-state index contributed by atoms with van der Waals surface area (Å²) < 4.78 is 35.5. The molecule has 1 unspecified atom stereocenters. The minimum absolute atomic E-state index is 0.101. The highest BCUT2D eigenvalue weighted by atomic mass is 32.2. The van der Waals surface area contributed by atoms with Gasteiger partial charge in [0.15, 0.2) is 9.84 Å². The summed E-state index contributed by atoms with van der Waals surface area (Å²) in [5, 5.41) is 2.98. The maximum atomic E-state index is 13.0. The van der Waals surface area contributed by atoms with Crippen molar-refractivity contribution in [2.75, 3.05) is 22.6 Å². The predicted octanol–water partition coefficient (Wildman–Crippen LogP) is 1.01. The summed E-state index contributed by atoms with van der Waals surface area (Å²) in [5.41, 5.74) is 6.34. The second kappa shape index (κ2) is 3.93. The summed E-state index contributed by atoms with van der Waals surface area (Å²) in [6.07, 6.45) is 0.554. The quantitative estimate of drug-likeness (QED) is 0.761. The molecule has 16 heavy (non-hydrogen) atoms. The number of nitrogen functional groups attached to an aromatic ring is 1. The van der Waals surface area contributed by atoms with E-state index in [2.05, 4.69) is 5.32 Å². The Morgan fingerprint density at radius 2 is 2.12 bits per heavy atom. The van der Waals surface area contributed by atoms with Crippen LogP contribution in [0.1, 0.15) is 6.42 Å². The van der Waals surface area contributed by atoms with Gasteiger partial charge in [-0.1, -0.05) is 0 Å². The van der Waals surface area contributed by atoms with E-state index in [1.807, 2.05) is 0 Å². The number of anilines is 2. The summed E-state index contributed by atoms with van der Waals surface area (Å²) in [7, 11) is -2.92. The van der Waals surface area contributed by atoms with Crippen molar-refractivity contribution in [3.8, 4) is 0 Å². The number of nitrogens with two attached hydrogens (primary N) is 1. The predicted molar refractivity (Wildman–Crippen MR) is 61.5 cm³/mol. The summed E-state index contributed by atoms with van der Waals surface area (Å²) in [4.78, 5) is 0. The van der Waals surface area contributed by atoms with E-state index in [4.69, 9.17) is 5.73 Å². The van der Waals surface area contributed by atoms with E-state index in [1.54, 1.807) is 6.07 Å². The average molecular weight is 244 g/mol. The van der Waals surface area contributed by atoms with Crippen molar-refractivity contribution >= 4 is 21.2 Å². The molecule has 1 aliphatic rings. The lowest BCUT2D eigenvalue weighted by Crippen LogP contribution is -2.20. The van der Waals surface area contributed by atoms with Gasteiger partial charge in [0.05, 0.1) is 11.5 Å². The second-order valence-corrected chi connectivity index (χ2v) is 6.25. The van der Waals surface area contributed by atoms with Crippen molar-refractivity contribution in [1.29, 1.82) is 0 Å². The van der Waals surface area contributed by atoms with E-state index in [0.717, 1.165) is 0 Å². The molecule has 88 valence electrons. The van der Waals surface area contributed by atoms with Crippen LogP contribution in [0.15, 0.2) is 18.2 Å². The summed E-state index contributed by atoms with van der Waals surface area (Å²) in [6.45, 7) is 0. The molecule has 0 aromatic heterocycles. The zero-order valence-electron chi connectivity index (χ0n) is 8.61. The minimum Gasteiger partial charge on any atom is -0.399 e. The molecular formula is C10H13FN2O2S. The Morgan fingerprint density at radius 1 is 1.38 bits per heavy atom. The molecule has 1 heterocycles. The van der Waals surface area contributed by atoms with Crippen molar-refractivity contribution in [3.05, 3.63) is 24.0 Å². The molecule has 1 atom stereocenters. The molecule has 1 fully saturated rings. The molecule has 0 bridgehead atoms. The molecule has 1 aromatic rings. The summed E-state index contributed by atoms with van der Waals surface area (Å²) >= 11 is 0. The molecule has 0 amide bonds. The van der Waals surface area contributed by atoms with Crippen molar-refractivity contribution in [1.82, 2.24) is 0 Å².